The second-order valence-electron chi connectivity index (χ2n) is 2.09. The van der Waals surface area contributed by atoms with Crippen LogP contribution in [0.5, 0.6) is 0 Å². The Kier molecular flexibility index (Phi) is 6.88. The maximum atomic E-state index is 10.7. The molecule has 0 heterocycles. The van der Waals surface area contributed by atoms with Crippen molar-refractivity contribution in [3.63, 3.8) is 0 Å². The molecule has 0 aromatic rings. The van der Waals surface area contributed by atoms with Gasteiger partial charge in [0.05, 0.1) is 6.42 Å². The lowest BCUT2D eigenvalue weighted by Gasteiger charge is -2.07. The minimum atomic E-state index is -0.217. The number of carbonyl (C=O) groups is 1. The average molecular weight is 272 g/mol. The van der Waals surface area contributed by atoms with E-state index in [1.165, 1.54) is 0 Å². The molecule has 0 radical (unpaired) electrons. The fraction of sp³-hybridized carbons (Fsp3) is 0.833. The van der Waals surface area contributed by atoms with Crippen molar-refractivity contribution >= 4 is 28.8 Å². The summed E-state index contributed by atoms with van der Waals surface area (Å²) in [6, 6.07) is 0. The molecule has 5 heteroatoms. The number of ether oxygens (including phenoxy) is 1. The summed E-state index contributed by atoms with van der Waals surface area (Å²) in [5, 5.41) is 0. The van der Waals surface area contributed by atoms with Gasteiger partial charge >= 0.3 is 5.97 Å². The van der Waals surface area contributed by atoms with Crippen LogP contribution < -0.4 is 5.73 Å². The highest BCUT2D eigenvalue weighted by atomic mass is 127. The van der Waals surface area contributed by atoms with Crippen LogP contribution in [0, 0.1) is 0 Å². The first-order chi connectivity index (χ1) is 5.16. The van der Waals surface area contributed by atoms with E-state index in [0.717, 1.165) is 6.54 Å². The first-order valence-corrected chi connectivity index (χ1v) is 4.36. The molecule has 0 unspecified atom stereocenters. The van der Waals surface area contributed by atoms with Gasteiger partial charge in [-0.15, -0.1) is 0 Å². The summed E-state index contributed by atoms with van der Waals surface area (Å²) in [7, 11) is 1.91. The van der Waals surface area contributed by atoms with Crippen molar-refractivity contribution in [2.24, 2.45) is 5.73 Å². The summed E-state index contributed by atoms with van der Waals surface area (Å²) in [4.78, 5) is 10.7. The Morgan fingerprint density at radius 1 is 1.73 bits per heavy atom. The van der Waals surface area contributed by atoms with Crippen LogP contribution in [0.25, 0.3) is 0 Å². The molecule has 0 fully saturated rings. The molecule has 11 heavy (non-hydrogen) atoms. The van der Waals surface area contributed by atoms with Gasteiger partial charge in [0, 0.05) is 36.0 Å². The summed E-state index contributed by atoms with van der Waals surface area (Å²) in [5.74, 6) is -0.217. The lowest BCUT2D eigenvalue weighted by atomic mass is 10.4. The molecule has 0 aliphatic carbocycles. The normalized spacial score (nSPS) is 10.2. The van der Waals surface area contributed by atoms with Crippen molar-refractivity contribution in [1.29, 1.82) is 0 Å². The molecule has 0 aromatic heterocycles. The van der Waals surface area contributed by atoms with Crippen molar-refractivity contribution in [3.05, 3.63) is 0 Å². The summed E-state index contributed by atoms with van der Waals surface area (Å²) in [5.41, 5.74) is 5.15. The predicted octanol–water partition coefficient (Wildman–Crippen LogP) is 0.160. The van der Waals surface area contributed by atoms with Crippen LogP contribution in [0.15, 0.2) is 0 Å². The fourth-order valence-electron chi connectivity index (χ4n) is 0.475. The molecule has 66 valence electrons. The molecule has 0 bridgehead atoms. The zero-order valence-electron chi connectivity index (χ0n) is 6.55. The summed E-state index contributed by atoms with van der Waals surface area (Å²) < 4.78 is 6.75. The molecule has 2 N–H and O–H groups in total. The third kappa shape index (κ3) is 8.02. The fourth-order valence-corrected chi connectivity index (χ4v) is 0.672. The Labute approximate surface area is 80.6 Å². The van der Waals surface area contributed by atoms with Crippen molar-refractivity contribution < 1.29 is 9.53 Å². The molecular weight excluding hydrogens is 259 g/mol. The van der Waals surface area contributed by atoms with E-state index in [2.05, 4.69) is 22.9 Å². The highest BCUT2D eigenvalue weighted by Gasteiger charge is 2.00. The minimum Gasteiger partial charge on any atom is -0.464 e. The number of hydrogen-bond donors (Lipinski definition) is 1. The van der Waals surface area contributed by atoms with Gasteiger partial charge in [0.15, 0.2) is 0 Å². The van der Waals surface area contributed by atoms with E-state index in [9.17, 15) is 4.79 Å². The Morgan fingerprint density at radius 2 is 2.36 bits per heavy atom. The van der Waals surface area contributed by atoms with Crippen molar-refractivity contribution in [1.82, 2.24) is 3.11 Å². The van der Waals surface area contributed by atoms with Crippen LogP contribution in [0.3, 0.4) is 0 Å². The van der Waals surface area contributed by atoms with E-state index in [4.69, 9.17) is 10.5 Å². The second kappa shape index (κ2) is 6.81. The highest BCUT2D eigenvalue weighted by Crippen LogP contribution is 1.92. The summed E-state index contributed by atoms with van der Waals surface area (Å²) >= 11 is 2.13. The topological polar surface area (TPSA) is 55.6 Å². The van der Waals surface area contributed by atoms with E-state index in [1.807, 2.05) is 10.2 Å². The van der Waals surface area contributed by atoms with Crippen LogP contribution >= 0.6 is 22.9 Å². The van der Waals surface area contributed by atoms with Gasteiger partial charge in [-0.2, -0.15) is 0 Å². The number of nitrogens with two attached hydrogens (primary N) is 1. The molecule has 4 nitrogen and oxygen atoms in total. The zero-order valence-corrected chi connectivity index (χ0v) is 8.70. The lowest BCUT2D eigenvalue weighted by molar-refractivity contribution is -0.143. The Bertz CT molecular complexity index is 119. The summed E-state index contributed by atoms with van der Waals surface area (Å²) in [6.07, 6.45) is 0.310. The van der Waals surface area contributed by atoms with Crippen molar-refractivity contribution in [2.45, 2.75) is 6.42 Å². The van der Waals surface area contributed by atoms with Gasteiger partial charge in [-0.05, 0) is 7.05 Å². The predicted molar refractivity (Wildman–Crippen MR) is 51.3 cm³/mol. The maximum Gasteiger partial charge on any atom is 0.307 e. The van der Waals surface area contributed by atoms with Gasteiger partial charge < -0.3 is 10.5 Å². The van der Waals surface area contributed by atoms with E-state index < -0.39 is 0 Å². The number of hydrogen-bond acceptors (Lipinski definition) is 4. The molecule has 0 atom stereocenters. The van der Waals surface area contributed by atoms with E-state index in [1.54, 1.807) is 0 Å². The number of carbonyl (C=O) groups excluding carboxylic acids is 1. The number of nitrogens with zero attached hydrogens (tertiary/aromatic N) is 1. The Balaban J connectivity index is 3.17. The van der Waals surface area contributed by atoms with Crippen LogP contribution in [-0.2, 0) is 9.53 Å². The van der Waals surface area contributed by atoms with Gasteiger partial charge in [-0.25, -0.2) is 3.11 Å². The number of halogens is 1. The summed E-state index contributed by atoms with van der Waals surface area (Å²) in [6.45, 7) is 1.55. The quantitative estimate of drug-likeness (QED) is 0.440. The highest BCUT2D eigenvalue weighted by molar-refractivity contribution is 14.1. The molecule has 0 aliphatic heterocycles. The third-order valence-corrected chi connectivity index (χ3v) is 1.49. The van der Waals surface area contributed by atoms with Crippen LogP contribution in [-0.4, -0.2) is 35.8 Å². The standard InChI is InChI=1S/C6H13IN2O2/c1-9(7)4-5-11-6(10)2-3-8/h2-5,8H2,1H3. The molecule has 0 aliphatic rings. The first-order valence-electron chi connectivity index (χ1n) is 3.39. The SMILES string of the molecule is CN(I)CCOC(=O)CCN. The lowest BCUT2D eigenvalue weighted by Crippen LogP contribution is -2.17. The molecular formula is C6H13IN2O2. The van der Waals surface area contributed by atoms with Gasteiger partial charge in [0.1, 0.15) is 6.61 Å². The number of likely N-dealkylation sites (N-methyl/N-ethyl adjacent to an activating group) is 1. The van der Waals surface area contributed by atoms with Gasteiger partial charge in [-0.1, -0.05) is 0 Å². The molecule has 0 spiro atoms. The monoisotopic (exact) mass is 272 g/mol. The second-order valence-corrected chi connectivity index (χ2v) is 3.73. The van der Waals surface area contributed by atoms with E-state index in [0.29, 0.717) is 19.6 Å². The van der Waals surface area contributed by atoms with E-state index >= 15 is 0 Å². The zero-order chi connectivity index (χ0) is 8.69. The third-order valence-electron chi connectivity index (χ3n) is 1.01. The first kappa shape index (κ1) is 11.1. The number of esters is 1. The van der Waals surface area contributed by atoms with Crippen LogP contribution in [0.2, 0.25) is 0 Å². The average Bonchev–Trinajstić information content (AvgIpc) is 1.87. The maximum absolute atomic E-state index is 10.7. The van der Waals surface area contributed by atoms with Crippen LogP contribution in [0.4, 0.5) is 0 Å². The Morgan fingerprint density at radius 3 is 2.82 bits per heavy atom. The molecule has 0 amide bonds. The largest absolute Gasteiger partial charge is 0.464 e. The van der Waals surface area contributed by atoms with Crippen molar-refractivity contribution in [3.8, 4) is 0 Å². The number of rotatable bonds is 5. The molecule has 0 aromatic carbocycles. The molecule has 0 saturated heterocycles. The molecule has 0 rings (SSSR count). The van der Waals surface area contributed by atoms with E-state index in [-0.39, 0.29) is 5.97 Å². The Hall–Kier alpha value is 0.120. The van der Waals surface area contributed by atoms with Crippen LogP contribution in [0.1, 0.15) is 6.42 Å². The van der Waals surface area contributed by atoms with Gasteiger partial charge in [-0.3, -0.25) is 4.79 Å². The molecule has 0 saturated carbocycles. The van der Waals surface area contributed by atoms with Gasteiger partial charge in [0.25, 0.3) is 0 Å². The minimum absolute atomic E-state index is 0.217. The smallest absolute Gasteiger partial charge is 0.307 e. The van der Waals surface area contributed by atoms with Gasteiger partial charge in [0.2, 0.25) is 0 Å². The van der Waals surface area contributed by atoms with Crippen molar-refractivity contribution in [2.75, 3.05) is 26.7 Å².